The van der Waals surface area contributed by atoms with Crippen LogP contribution < -0.4 is 5.32 Å². The molecule has 188 valence electrons. The molecule has 36 heavy (non-hydrogen) atoms. The van der Waals surface area contributed by atoms with E-state index in [1.54, 1.807) is 0 Å². The third-order valence-electron chi connectivity index (χ3n) is 7.21. The second-order valence-electron chi connectivity index (χ2n) is 9.69. The smallest absolute Gasteiger partial charge is 0.347 e. The predicted octanol–water partition coefficient (Wildman–Crippen LogP) is 5.17. The molecule has 1 heterocycles. The van der Waals surface area contributed by atoms with Crippen LogP contribution >= 0.6 is 0 Å². The quantitative estimate of drug-likeness (QED) is 0.453. The molecule has 2 fully saturated rings. The summed E-state index contributed by atoms with van der Waals surface area (Å²) in [5.74, 6) is 3.10. The van der Waals surface area contributed by atoms with E-state index in [4.69, 9.17) is 0 Å². The van der Waals surface area contributed by atoms with Crippen LogP contribution in [0, 0.1) is 42.2 Å². The average Bonchev–Trinajstić information content (AvgIpc) is 3.46. The number of rotatable bonds is 5. The fourth-order valence-corrected chi connectivity index (χ4v) is 5.16. The van der Waals surface area contributed by atoms with Crippen molar-refractivity contribution in [3.05, 3.63) is 70.3 Å². The molecule has 0 bridgehead atoms. The normalized spacial score (nSPS) is 23.6. The van der Waals surface area contributed by atoms with E-state index in [0.29, 0.717) is 6.42 Å². The summed E-state index contributed by atoms with van der Waals surface area (Å²) in [6.45, 7) is 1.45. The second kappa shape index (κ2) is 8.91. The molecule has 3 aliphatic rings. The molecule has 0 radical (unpaired) electrons. The third kappa shape index (κ3) is 4.45. The summed E-state index contributed by atoms with van der Waals surface area (Å²) in [6, 6.07) is 4.05. The highest BCUT2D eigenvalue weighted by Gasteiger charge is 2.49. The zero-order chi connectivity index (χ0) is 25.8. The van der Waals surface area contributed by atoms with Crippen LogP contribution in [0.3, 0.4) is 0 Å². The van der Waals surface area contributed by atoms with Gasteiger partial charge in [0.15, 0.2) is 0 Å². The molecule has 1 N–H and O–H groups in total. The minimum absolute atomic E-state index is 0.0442. The maximum Gasteiger partial charge on any atom is 0.416 e. The molecule has 4 nitrogen and oxygen atoms in total. The summed E-state index contributed by atoms with van der Waals surface area (Å²) in [7, 11) is 0. The summed E-state index contributed by atoms with van der Waals surface area (Å²) in [5, 5.41) is 2.82. The number of carbonyl (C=O) groups excluding carboxylic acids is 2. The Labute approximate surface area is 204 Å². The molecule has 2 aliphatic carbocycles. The van der Waals surface area contributed by atoms with E-state index in [9.17, 15) is 31.5 Å². The SMILES string of the molecule is Cc1cc(F)c([C@H](NC(=O)[C@H]2C[C@H]3C#CC[C@H]3N2C(=O)c2cccc(C(F)(F)F)c2)C2CC2)cc1F. The number of halogens is 5. The highest BCUT2D eigenvalue weighted by molar-refractivity contribution is 5.98. The molecule has 9 heteroatoms. The minimum Gasteiger partial charge on any atom is -0.347 e. The van der Waals surface area contributed by atoms with E-state index >= 15 is 0 Å². The molecule has 1 saturated heterocycles. The number of fused-ring (bicyclic) bond motifs is 1. The number of hydrogen-bond acceptors (Lipinski definition) is 2. The van der Waals surface area contributed by atoms with Gasteiger partial charge in [0, 0.05) is 23.5 Å². The van der Waals surface area contributed by atoms with Crippen LogP contribution in [-0.2, 0) is 11.0 Å². The van der Waals surface area contributed by atoms with Gasteiger partial charge in [-0.15, -0.1) is 5.92 Å². The molecule has 0 aromatic heterocycles. The fraction of sp³-hybridized carbons (Fsp3) is 0.407. The van der Waals surface area contributed by atoms with Crippen molar-refractivity contribution in [2.75, 3.05) is 0 Å². The number of alkyl halides is 3. The van der Waals surface area contributed by atoms with Crippen molar-refractivity contribution in [1.29, 1.82) is 0 Å². The van der Waals surface area contributed by atoms with E-state index in [1.165, 1.54) is 17.9 Å². The first-order chi connectivity index (χ1) is 17.0. The molecular formula is C27H23F5N2O2. The first kappa shape index (κ1) is 24.3. The molecule has 2 aromatic rings. The Morgan fingerprint density at radius 2 is 1.86 bits per heavy atom. The van der Waals surface area contributed by atoms with Gasteiger partial charge in [0.1, 0.15) is 17.7 Å². The Morgan fingerprint density at radius 3 is 2.56 bits per heavy atom. The predicted molar refractivity (Wildman–Crippen MR) is 120 cm³/mol. The summed E-state index contributed by atoms with van der Waals surface area (Å²) in [5.41, 5.74) is -0.945. The van der Waals surface area contributed by atoms with Gasteiger partial charge in [-0.2, -0.15) is 13.2 Å². The van der Waals surface area contributed by atoms with Crippen LogP contribution in [0.1, 0.15) is 58.8 Å². The van der Waals surface area contributed by atoms with Gasteiger partial charge >= 0.3 is 6.18 Å². The fourth-order valence-electron chi connectivity index (χ4n) is 5.16. The van der Waals surface area contributed by atoms with Gasteiger partial charge in [0.25, 0.3) is 5.91 Å². The Kier molecular flexibility index (Phi) is 6.01. The number of carbonyl (C=O) groups is 2. The van der Waals surface area contributed by atoms with Gasteiger partial charge in [0.05, 0.1) is 17.6 Å². The van der Waals surface area contributed by atoms with Gasteiger partial charge in [-0.3, -0.25) is 9.59 Å². The number of likely N-dealkylation sites (tertiary alicyclic amines) is 1. The van der Waals surface area contributed by atoms with Crippen LogP contribution in [0.5, 0.6) is 0 Å². The number of benzene rings is 2. The number of nitrogens with one attached hydrogen (secondary N) is 1. The third-order valence-corrected chi connectivity index (χ3v) is 7.21. The van der Waals surface area contributed by atoms with E-state index in [0.717, 1.165) is 43.2 Å². The molecular weight excluding hydrogens is 479 g/mol. The van der Waals surface area contributed by atoms with Crippen molar-refractivity contribution in [3.8, 4) is 11.8 Å². The van der Waals surface area contributed by atoms with E-state index in [-0.39, 0.29) is 34.9 Å². The highest BCUT2D eigenvalue weighted by Crippen LogP contribution is 2.43. The number of aryl methyl sites for hydroxylation is 1. The van der Waals surface area contributed by atoms with E-state index in [1.807, 2.05) is 0 Å². The van der Waals surface area contributed by atoms with Crippen molar-refractivity contribution in [3.63, 3.8) is 0 Å². The molecule has 0 unspecified atom stereocenters. The topological polar surface area (TPSA) is 49.4 Å². The highest BCUT2D eigenvalue weighted by atomic mass is 19.4. The van der Waals surface area contributed by atoms with Gasteiger partial charge in [-0.05, 0) is 68.0 Å². The van der Waals surface area contributed by atoms with Crippen LogP contribution in [0.2, 0.25) is 0 Å². The van der Waals surface area contributed by atoms with Crippen LogP contribution in [0.25, 0.3) is 0 Å². The molecule has 1 aliphatic heterocycles. The maximum atomic E-state index is 14.8. The lowest BCUT2D eigenvalue weighted by Crippen LogP contribution is -2.50. The molecule has 4 atom stereocenters. The Hall–Kier alpha value is -3.41. The van der Waals surface area contributed by atoms with Crippen molar-refractivity contribution >= 4 is 11.8 Å². The largest absolute Gasteiger partial charge is 0.416 e. The lowest BCUT2D eigenvalue weighted by molar-refractivity contribution is -0.137. The lowest BCUT2D eigenvalue weighted by atomic mass is 9.98. The summed E-state index contributed by atoms with van der Waals surface area (Å²) in [6.07, 6.45) is -2.64. The van der Waals surface area contributed by atoms with Crippen LogP contribution in [-0.4, -0.2) is 28.8 Å². The average molecular weight is 502 g/mol. The zero-order valence-electron chi connectivity index (χ0n) is 19.3. The number of hydrogen-bond donors (Lipinski definition) is 1. The number of nitrogens with zero attached hydrogens (tertiary/aromatic N) is 1. The van der Waals surface area contributed by atoms with Gasteiger partial charge in [-0.1, -0.05) is 12.0 Å². The summed E-state index contributed by atoms with van der Waals surface area (Å²) < 4.78 is 68.7. The first-order valence-corrected chi connectivity index (χ1v) is 11.8. The summed E-state index contributed by atoms with van der Waals surface area (Å²) >= 11 is 0. The molecule has 2 aromatic carbocycles. The molecule has 0 spiro atoms. The van der Waals surface area contributed by atoms with Crippen LogP contribution in [0.15, 0.2) is 36.4 Å². The second-order valence-corrected chi connectivity index (χ2v) is 9.69. The van der Waals surface area contributed by atoms with Crippen molar-refractivity contribution in [2.24, 2.45) is 11.8 Å². The minimum atomic E-state index is -4.62. The standard InChI is InChI=1S/C27H23F5N2O2/c1-14-10-21(29)19(13-20(14)28)24(15-8-9-15)33-25(35)23-12-16-4-3-7-22(16)34(23)26(36)17-5-2-6-18(11-17)27(30,31)32/h2,5-6,10-11,13,15-16,22-24H,7-9,12H2,1H3,(H,33,35)/t16-,22-,23-,24-/m1/s1. The van der Waals surface area contributed by atoms with E-state index in [2.05, 4.69) is 17.2 Å². The maximum absolute atomic E-state index is 14.8. The Balaban J connectivity index is 1.43. The van der Waals surface area contributed by atoms with E-state index < -0.39 is 53.3 Å². The lowest BCUT2D eigenvalue weighted by Gasteiger charge is -2.30. The Morgan fingerprint density at radius 1 is 1.11 bits per heavy atom. The van der Waals surface area contributed by atoms with Crippen LogP contribution in [0.4, 0.5) is 22.0 Å². The number of amides is 2. The van der Waals surface area contributed by atoms with Gasteiger partial charge in [-0.25, -0.2) is 8.78 Å². The molecule has 1 saturated carbocycles. The van der Waals surface area contributed by atoms with Gasteiger partial charge in [0.2, 0.25) is 5.91 Å². The zero-order valence-corrected chi connectivity index (χ0v) is 19.3. The van der Waals surface area contributed by atoms with Crippen molar-refractivity contribution in [1.82, 2.24) is 10.2 Å². The van der Waals surface area contributed by atoms with Crippen molar-refractivity contribution < 1.29 is 31.5 Å². The first-order valence-electron chi connectivity index (χ1n) is 11.8. The molecule has 2 amide bonds. The Bertz CT molecular complexity index is 1290. The monoisotopic (exact) mass is 502 g/mol. The molecule has 5 rings (SSSR count). The van der Waals surface area contributed by atoms with Crippen molar-refractivity contribution in [2.45, 2.75) is 56.9 Å². The van der Waals surface area contributed by atoms with Gasteiger partial charge < -0.3 is 10.2 Å². The summed E-state index contributed by atoms with van der Waals surface area (Å²) in [4.78, 5) is 28.2.